The summed E-state index contributed by atoms with van der Waals surface area (Å²) in [4.78, 5) is 13.9. The van der Waals surface area contributed by atoms with Crippen LogP contribution in [-0.4, -0.2) is 28.1 Å². The zero-order valence-electron chi connectivity index (χ0n) is 14.4. The second kappa shape index (κ2) is 7.05. The van der Waals surface area contributed by atoms with Crippen molar-refractivity contribution in [3.8, 4) is 17.0 Å². The highest BCUT2D eigenvalue weighted by Crippen LogP contribution is 2.28. The molecule has 1 aliphatic rings. The Bertz CT molecular complexity index is 857. The van der Waals surface area contributed by atoms with Crippen molar-refractivity contribution in [2.45, 2.75) is 38.1 Å². The van der Waals surface area contributed by atoms with Gasteiger partial charge in [-0.1, -0.05) is 19.3 Å². The van der Waals surface area contributed by atoms with Crippen molar-refractivity contribution in [2.75, 3.05) is 12.4 Å². The Balaban J connectivity index is 1.75. The second-order valence-corrected chi connectivity index (χ2v) is 6.48. The molecule has 4 rings (SSSR count). The van der Waals surface area contributed by atoms with Crippen LogP contribution in [0.4, 0.5) is 5.95 Å². The summed E-state index contributed by atoms with van der Waals surface area (Å²) in [5.41, 5.74) is 2.66. The zero-order chi connectivity index (χ0) is 17.1. The highest BCUT2D eigenvalue weighted by molar-refractivity contribution is 5.91. The summed E-state index contributed by atoms with van der Waals surface area (Å²) in [6, 6.07) is 12.4. The van der Waals surface area contributed by atoms with Gasteiger partial charge in [0.1, 0.15) is 5.75 Å². The molecule has 1 fully saturated rings. The van der Waals surface area contributed by atoms with Gasteiger partial charge in [-0.15, -0.1) is 0 Å². The molecular formula is C20H22N4O. The fourth-order valence-electron chi connectivity index (χ4n) is 3.43. The van der Waals surface area contributed by atoms with E-state index in [1.165, 1.54) is 32.1 Å². The molecule has 2 heterocycles. The molecule has 0 radical (unpaired) electrons. The maximum Gasteiger partial charge on any atom is 0.225 e. The summed E-state index contributed by atoms with van der Waals surface area (Å²) in [5, 5.41) is 4.48. The van der Waals surface area contributed by atoms with Crippen LogP contribution < -0.4 is 10.1 Å². The number of anilines is 1. The number of benzene rings is 1. The number of fused-ring (bicyclic) bond motifs is 1. The molecule has 3 aromatic rings. The highest BCUT2D eigenvalue weighted by atomic mass is 16.5. The van der Waals surface area contributed by atoms with E-state index in [1.54, 1.807) is 13.3 Å². The molecule has 0 amide bonds. The second-order valence-electron chi connectivity index (χ2n) is 6.48. The minimum absolute atomic E-state index is 0.457. The smallest absolute Gasteiger partial charge is 0.225 e. The molecule has 1 N–H and O–H groups in total. The van der Waals surface area contributed by atoms with Crippen molar-refractivity contribution < 1.29 is 4.74 Å². The summed E-state index contributed by atoms with van der Waals surface area (Å²) in [7, 11) is 1.67. The highest BCUT2D eigenvalue weighted by Gasteiger charge is 2.16. The van der Waals surface area contributed by atoms with Gasteiger partial charge in [0.15, 0.2) is 5.65 Å². The van der Waals surface area contributed by atoms with Gasteiger partial charge in [0.25, 0.3) is 0 Å². The van der Waals surface area contributed by atoms with Crippen molar-refractivity contribution >= 4 is 17.0 Å². The molecule has 128 valence electrons. The Labute approximate surface area is 147 Å². The molecule has 1 saturated carbocycles. The van der Waals surface area contributed by atoms with E-state index in [9.17, 15) is 0 Å². The molecule has 0 bridgehead atoms. The first-order valence-electron chi connectivity index (χ1n) is 8.87. The maximum absolute atomic E-state index is 5.26. The van der Waals surface area contributed by atoms with E-state index in [2.05, 4.69) is 15.3 Å². The number of ether oxygens (including phenoxy) is 1. The van der Waals surface area contributed by atoms with Crippen molar-refractivity contribution in [2.24, 2.45) is 0 Å². The number of hydrogen-bond acceptors (Lipinski definition) is 5. The Morgan fingerprint density at radius 3 is 2.56 bits per heavy atom. The Morgan fingerprint density at radius 2 is 1.80 bits per heavy atom. The van der Waals surface area contributed by atoms with Crippen LogP contribution in [0.5, 0.6) is 5.75 Å². The van der Waals surface area contributed by atoms with Crippen LogP contribution in [-0.2, 0) is 0 Å². The Hall–Kier alpha value is -2.69. The SMILES string of the molecule is COc1ccc(-c2nc(NC3CCCCC3)nc3ncccc23)cc1. The molecule has 1 aliphatic carbocycles. The van der Waals surface area contributed by atoms with Crippen LogP contribution in [0.1, 0.15) is 32.1 Å². The number of nitrogens with one attached hydrogen (secondary N) is 1. The minimum atomic E-state index is 0.457. The van der Waals surface area contributed by atoms with Gasteiger partial charge in [-0.2, -0.15) is 4.98 Å². The van der Waals surface area contributed by atoms with Crippen LogP contribution >= 0.6 is 0 Å². The number of hydrogen-bond donors (Lipinski definition) is 1. The number of aromatic nitrogens is 3. The van der Waals surface area contributed by atoms with Gasteiger partial charge in [0, 0.05) is 23.2 Å². The summed E-state index contributed by atoms with van der Waals surface area (Å²) >= 11 is 0. The van der Waals surface area contributed by atoms with Crippen LogP contribution in [0.15, 0.2) is 42.6 Å². The van der Waals surface area contributed by atoms with Crippen molar-refractivity contribution in [1.82, 2.24) is 15.0 Å². The van der Waals surface area contributed by atoms with Gasteiger partial charge >= 0.3 is 0 Å². The molecule has 25 heavy (non-hydrogen) atoms. The number of nitrogens with zero attached hydrogens (tertiary/aromatic N) is 3. The first-order chi connectivity index (χ1) is 12.3. The van der Waals surface area contributed by atoms with Crippen LogP contribution in [0.3, 0.4) is 0 Å². The topological polar surface area (TPSA) is 59.9 Å². The third-order valence-corrected chi connectivity index (χ3v) is 4.77. The van der Waals surface area contributed by atoms with E-state index in [4.69, 9.17) is 9.72 Å². The third-order valence-electron chi connectivity index (χ3n) is 4.77. The van der Waals surface area contributed by atoms with Gasteiger partial charge in [-0.3, -0.25) is 0 Å². The number of pyridine rings is 1. The van der Waals surface area contributed by atoms with Crippen LogP contribution in [0.25, 0.3) is 22.3 Å². The maximum atomic E-state index is 5.26. The lowest BCUT2D eigenvalue weighted by Crippen LogP contribution is -2.23. The Kier molecular flexibility index (Phi) is 4.46. The van der Waals surface area contributed by atoms with Gasteiger partial charge < -0.3 is 10.1 Å². The van der Waals surface area contributed by atoms with E-state index in [-0.39, 0.29) is 0 Å². The monoisotopic (exact) mass is 334 g/mol. The average molecular weight is 334 g/mol. The fourth-order valence-corrected chi connectivity index (χ4v) is 3.43. The van der Waals surface area contributed by atoms with Gasteiger partial charge in [-0.05, 0) is 49.2 Å². The number of rotatable bonds is 4. The normalized spacial score (nSPS) is 15.2. The van der Waals surface area contributed by atoms with E-state index < -0.39 is 0 Å². The van der Waals surface area contributed by atoms with Crippen LogP contribution in [0.2, 0.25) is 0 Å². The van der Waals surface area contributed by atoms with Crippen molar-refractivity contribution in [3.05, 3.63) is 42.6 Å². The van der Waals surface area contributed by atoms with Crippen LogP contribution in [0, 0.1) is 0 Å². The van der Waals surface area contributed by atoms with E-state index in [0.717, 1.165) is 28.0 Å². The molecule has 5 nitrogen and oxygen atoms in total. The lowest BCUT2D eigenvalue weighted by Gasteiger charge is -2.23. The van der Waals surface area contributed by atoms with Gasteiger partial charge in [-0.25, -0.2) is 9.97 Å². The summed E-state index contributed by atoms with van der Waals surface area (Å²) in [5.74, 6) is 1.50. The Morgan fingerprint density at radius 1 is 1.00 bits per heavy atom. The predicted octanol–water partition coefficient (Wildman–Crippen LogP) is 4.45. The fraction of sp³-hybridized carbons (Fsp3) is 0.350. The minimum Gasteiger partial charge on any atom is -0.497 e. The first kappa shape index (κ1) is 15.8. The van der Waals surface area contributed by atoms with E-state index >= 15 is 0 Å². The van der Waals surface area contributed by atoms with E-state index in [0.29, 0.717) is 12.0 Å². The molecule has 0 unspecified atom stereocenters. The quantitative estimate of drug-likeness (QED) is 0.764. The lowest BCUT2D eigenvalue weighted by atomic mass is 9.96. The lowest BCUT2D eigenvalue weighted by molar-refractivity contribution is 0.415. The largest absolute Gasteiger partial charge is 0.497 e. The molecule has 0 aliphatic heterocycles. The molecule has 0 atom stereocenters. The van der Waals surface area contributed by atoms with Crippen molar-refractivity contribution in [3.63, 3.8) is 0 Å². The molecule has 2 aromatic heterocycles. The standard InChI is InChI=1S/C20H22N4O/c1-25-16-11-9-14(10-12-16)18-17-8-5-13-21-19(17)24-20(23-18)22-15-6-3-2-4-7-15/h5,8-13,15H,2-4,6-7H2,1H3,(H,21,22,23,24). The summed E-state index contributed by atoms with van der Waals surface area (Å²) < 4.78 is 5.26. The molecule has 1 aromatic carbocycles. The van der Waals surface area contributed by atoms with Gasteiger partial charge in [0.2, 0.25) is 5.95 Å². The molecular weight excluding hydrogens is 312 g/mol. The van der Waals surface area contributed by atoms with Gasteiger partial charge in [0.05, 0.1) is 12.8 Å². The molecule has 5 heteroatoms. The third kappa shape index (κ3) is 3.40. The summed E-state index contributed by atoms with van der Waals surface area (Å²) in [6.07, 6.45) is 8.01. The zero-order valence-corrected chi connectivity index (χ0v) is 14.4. The molecule has 0 spiro atoms. The average Bonchev–Trinajstić information content (AvgIpc) is 2.68. The first-order valence-corrected chi connectivity index (χ1v) is 8.87. The predicted molar refractivity (Wildman–Crippen MR) is 99.8 cm³/mol. The summed E-state index contributed by atoms with van der Waals surface area (Å²) in [6.45, 7) is 0. The molecule has 0 saturated heterocycles. The van der Waals surface area contributed by atoms with E-state index in [1.807, 2.05) is 36.4 Å². The van der Waals surface area contributed by atoms with Crippen molar-refractivity contribution in [1.29, 1.82) is 0 Å². The number of methoxy groups -OCH3 is 1.